The van der Waals surface area contributed by atoms with Crippen LogP contribution in [0.25, 0.3) is 6.08 Å². The third-order valence-corrected chi connectivity index (χ3v) is 9.11. The van der Waals surface area contributed by atoms with Crippen molar-refractivity contribution in [2.45, 2.75) is 33.4 Å². The summed E-state index contributed by atoms with van der Waals surface area (Å²) in [5, 5.41) is 0. The van der Waals surface area contributed by atoms with Crippen LogP contribution in [0.1, 0.15) is 43.5 Å². The second kappa shape index (κ2) is 14.0. The van der Waals surface area contributed by atoms with Gasteiger partial charge in [0, 0.05) is 14.5 Å². The molecule has 4 aromatic rings. The van der Waals surface area contributed by atoms with E-state index in [1.165, 1.54) is 11.3 Å². The molecule has 1 aromatic heterocycles. The monoisotopic (exact) mass is 740 g/mol. The van der Waals surface area contributed by atoms with Crippen molar-refractivity contribution in [3.63, 3.8) is 0 Å². The fourth-order valence-corrected chi connectivity index (χ4v) is 6.73. The SMILES string of the molecule is CCOC(=O)C1=C(C)N=c2s/c(=C/c3ccccc3OCc3ccc(Br)cc3)c(=O)n2[C@H]1c1cc(OC)c(OCC)cc1Br. The number of benzene rings is 3. The normalized spacial score (nSPS) is 14.6. The zero-order chi connectivity index (χ0) is 31.4. The first-order valence-corrected chi connectivity index (χ1v) is 16.3. The van der Waals surface area contributed by atoms with Gasteiger partial charge in [-0.25, -0.2) is 9.79 Å². The lowest BCUT2D eigenvalue weighted by molar-refractivity contribution is -0.139. The molecule has 228 valence electrons. The van der Waals surface area contributed by atoms with Gasteiger partial charge in [-0.3, -0.25) is 9.36 Å². The number of carbonyl (C=O) groups excluding carboxylic acids is 1. The molecule has 0 fully saturated rings. The van der Waals surface area contributed by atoms with Crippen molar-refractivity contribution in [2.24, 2.45) is 4.99 Å². The third-order valence-electron chi connectivity index (χ3n) is 6.91. The van der Waals surface area contributed by atoms with Crippen molar-refractivity contribution in [1.82, 2.24) is 4.57 Å². The van der Waals surface area contributed by atoms with Crippen molar-refractivity contribution in [3.8, 4) is 17.2 Å². The molecule has 8 nitrogen and oxygen atoms in total. The zero-order valence-corrected chi connectivity index (χ0v) is 28.5. The highest BCUT2D eigenvalue weighted by Gasteiger charge is 2.35. The molecule has 11 heteroatoms. The van der Waals surface area contributed by atoms with Crippen LogP contribution in [0.4, 0.5) is 0 Å². The first-order chi connectivity index (χ1) is 21.2. The molecule has 44 heavy (non-hydrogen) atoms. The summed E-state index contributed by atoms with van der Waals surface area (Å²) in [4.78, 5) is 32.7. The minimum Gasteiger partial charge on any atom is -0.493 e. The number of aromatic nitrogens is 1. The molecule has 0 saturated heterocycles. The van der Waals surface area contributed by atoms with E-state index in [0.29, 0.717) is 55.5 Å². The Morgan fingerprint density at radius 2 is 1.75 bits per heavy atom. The van der Waals surface area contributed by atoms with Gasteiger partial charge in [-0.05, 0) is 68.3 Å². The van der Waals surface area contributed by atoms with E-state index in [0.717, 1.165) is 15.6 Å². The van der Waals surface area contributed by atoms with Gasteiger partial charge in [0.25, 0.3) is 5.56 Å². The molecule has 2 heterocycles. The van der Waals surface area contributed by atoms with Gasteiger partial charge in [0.2, 0.25) is 0 Å². The number of allylic oxidation sites excluding steroid dienone is 1. The van der Waals surface area contributed by atoms with Crippen molar-refractivity contribution >= 4 is 55.2 Å². The molecule has 1 aliphatic rings. The Bertz CT molecular complexity index is 1910. The molecule has 0 saturated carbocycles. The Morgan fingerprint density at radius 3 is 2.45 bits per heavy atom. The molecule has 0 spiro atoms. The summed E-state index contributed by atoms with van der Waals surface area (Å²) in [6.45, 7) is 6.37. The Labute approximate surface area is 275 Å². The summed E-state index contributed by atoms with van der Waals surface area (Å²) in [6.07, 6.45) is 1.80. The molecule has 0 radical (unpaired) electrons. The first-order valence-electron chi connectivity index (χ1n) is 13.9. The van der Waals surface area contributed by atoms with Crippen LogP contribution in [0.5, 0.6) is 17.2 Å². The average molecular weight is 742 g/mol. The van der Waals surface area contributed by atoms with Crippen molar-refractivity contribution in [2.75, 3.05) is 20.3 Å². The summed E-state index contributed by atoms with van der Waals surface area (Å²) in [5.74, 6) is 1.11. The van der Waals surface area contributed by atoms with Gasteiger partial charge in [-0.2, -0.15) is 0 Å². The molecule has 1 atom stereocenters. The molecule has 1 aliphatic heterocycles. The van der Waals surface area contributed by atoms with E-state index in [1.807, 2.05) is 55.5 Å². The van der Waals surface area contributed by atoms with Crippen LogP contribution < -0.4 is 29.1 Å². The standard InChI is InChI=1S/C33H30Br2N2O6S/c1-5-41-27-17-24(35)23(16-26(27)40-4)30-29(32(39)42-6-2)19(3)36-33-37(30)31(38)28(44-33)15-21-9-7-8-10-25(21)43-18-20-11-13-22(34)14-12-20/h7-17,30H,5-6,18H2,1-4H3/b28-15+/t30-/m0/s1. The topological polar surface area (TPSA) is 88.4 Å². The van der Waals surface area contributed by atoms with Crippen molar-refractivity contribution < 1.29 is 23.7 Å². The number of halogens is 2. The third kappa shape index (κ3) is 6.55. The van der Waals surface area contributed by atoms with E-state index in [1.54, 1.807) is 43.7 Å². The van der Waals surface area contributed by atoms with E-state index in [4.69, 9.17) is 18.9 Å². The Hall–Kier alpha value is -3.67. The van der Waals surface area contributed by atoms with Crippen LogP contribution in [0.15, 0.2) is 90.7 Å². The predicted octanol–water partition coefficient (Wildman–Crippen LogP) is 6.31. The maximum absolute atomic E-state index is 14.2. The zero-order valence-electron chi connectivity index (χ0n) is 24.6. The summed E-state index contributed by atoms with van der Waals surface area (Å²) < 4.78 is 26.6. The van der Waals surface area contributed by atoms with Crippen LogP contribution in [0.2, 0.25) is 0 Å². The highest BCUT2D eigenvalue weighted by atomic mass is 79.9. The second-order valence-corrected chi connectivity index (χ2v) is 12.5. The largest absolute Gasteiger partial charge is 0.493 e. The number of thiazole rings is 1. The van der Waals surface area contributed by atoms with Crippen molar-refractivity contribution in [3.05, 3.63) is 117 Å². The van der Waals surface area contributed by atoms with Gasteiger partial charge in [0.15, 0.2) is 16.3 Å². The molecular weight excluding hydrogens is 712 g/mol. The number of hydrogen-bond donors (Lipinski definition) is 0. The van der Waals surface area contributed by atoms with Crippen LogP contribution in [0, 0.1) is 0 Å². The molecule has 0 amide bonds. The van der Waals surface area contributed by atoms with Crippen LogP contribution in [0.3, 0.4) is 0 Å². The van der Waals surface area contributed by atoms with Crippen molar-refractivity contribution in [1.29, 1.82) is 0 Å². The second-order valence-electron chi connectivity index (χ2n) is 9.71. The molecule has 0 N–H and O–H groups in total. The minimum absolute atomic E-state index is 0.178. The average Bonchev–Trinajstić information content (AvgIpc) is 3.31. The fraction of sp³-hybridized carbons (Fsp3) is 0.242. The molecular formula is C33H30Br2N2O6S. The summed E-state index contributed by atoms with van der Waals surface area (Å²) in [5.41, 5.74) is 2.84. The number of para-hydroxylation sites is 1. The van der Waals surface area contributed by atoms with Gasteiger partial charge < -0.3 is 18.9 Å². The number of methoxy groups -OCH3 is 1. The van der Waals surface area contributed by atoms with Crippen LogP contribution in [-0.2, 0) is 16.1 Å². The van der Waals surface area contributed by atoms with Gasteiger partial charge in [0.05, 0.1) is 42.2 Å². The van der Waals surface area contributed by atoms with Crippen LogP contribution in [-0.4, -0.2) is 30.9 Å². The highest BCUT2D eigenvalue weighted by molar-refractivity contribution is 9.10. The van der Waals surface area contributed by atoms with E-state index in [2.05, 4.69) is 36.9 Å². The number of hydrogen-bond acceptors (Lipinski definition) is 8. The Kier molecular flexibility index (Phi) is 10.1. The van der Waals surface area contributed by atoms with E-state index in [9.17, 15) is 9.59 Å². The Balaban J connectivity index is 1.64. The number of esters is 1. The van der Waals surface area contributed by atoms with Gasteiger partial charge in [-0.15, -0.1) is 0 Å². The lowest BCUT2D eigenvalue weighted by Gasteiger charge is -2.26. The Morgan fingerprint density at radius 1 is 1.00 bits per heavy atom. The number of ether oxygens (including phenoxy) is 4. The highest BCUT2D eigenvalue weighted by Crippen LogP contribution is 2.41. The maximum atomic E-state index is 14.2. The molecule has 3 aromatic carbocycles. The minimum atomic E-state index is -0.824. The predicted molar refractivity (Wildman–Crippen MR) is 177 cm³/mol. The quantitative estimate of drug-likeness (QED) is 0.177. The molecule has 5 rings (SSSR count). The molecule has 0 aliphatic carbocycles. The van der Waals surface area contributed by atoms with Crippen LogP contribution >= 0.6 is 43.2 Å². The van der Waals surface area contributed by atoms with E-state index in [-0.39, 0.29) is 17.7 Å². The van der Waals surface area contributed by atoms with Gasteiger partial charge in [0.1, 0.15) is 12.4 Å². The summed E-state index contributed by atoms with van der Waals surface area (Å²) in [6, 6.07) is 18.2. The van der Waals surface area contributed by atoms with Gasteiger partial charge in [-0.1, -0.05) is 73.5 Å². The van der Waals surface area contributed by atoms with E-state index >= 15 is 0 Å². The number of rotatable bonds is 10. The number of nitrogens with zero attached hydrogens (tertiary/aromatic N) is 2. The molecule has 0 unspecified atom stereocenters. The summed E-state index contributed by atoms with van der Waals surface area (Å²) >= 11 is 8.36. The van der Waals surface area contributed by atoms with E-state index < -0.39 is 12.0 Å². The smallest absolute Gasteiger partial charge is 0.338 e. The molecule has 0 bridgehead atoms. The fourth-order valence-electron chi connectivity index (χ4n) is 4.89. The first kappa shape index (κ1) is 31.7. The maximum Gasteiger partial charge on any atom is 0.338 e. The lowest BCUT2D eigenvalue weighted by Crippen LogP contribution is -2.40. The number of fused-ring (bicyclic) bond motifs is 1. The number of carbonyl (C=O) groups is 1. The van der Waals surface area contributed by atoms with Gasteiger partial charge >= 0.3 is 5.97 Å². The summed E-state index contributed by atoms with van der Waals surface area (Å²) in [7, 11) is 1.55. The lowest BCUT2D eigenvalue weighted by atomic mass is 9.95.